The van der Waals surface area contributed by atoms with Gasteiger partial charge in [0.1, 0.15) is 5.71 Å². The zero-order valence-corrected chi connectivity index (χ0v) is 14.8. The van der Waals surface area contributed by atoms with Gasteiger partial charge in [-0.1, -0.05) is 35.5 Å². The second kappa shape index (κ2) is 8.54. The highest BCUT2D eigenvalue weighted by molar-refractivity contribution is 6.12. The molecule has 0 amide bonds. The molecule has 3 aromatic rings. The van der Waals surface area contributed by atoms with Crippen LogP contribution in [0.5, 0.6) is 5.75 Å². The summed E-state index contributed by atoms with van der Waals surface area (Å²) in [6, 6.07) is 16.4. The average molecular weight is 377 g/mol. The van der Waals surface area contributed by atoms with Crippen LogP contribution in [0.2, 0.25) is 0 Å². The molecule has 0 fully saturated rings. The molecule has 8 nitrogen and oxygen atoms in total. The van der Waals surface area contributed by atoms with E-state index in [9.17, 15) is 14.9 Å². The molecule has 0 aliphatic carbocycles. The zero-order valence-electron chi connectivity index (χ0n) is 14.8. The molecule has 140 valence electrons. The van der Waals surface area contributed by atoms with Gasteiger partial charge in [-0.2, -0.15) is 0 Å². The van der Waals surface area contributed by atoms with Crippen LogP contribution in [0, 0.1) is 10.1 Å². The number of methoxy groups -OCH3 is 1. The van der Waals surface area contributed by atoms with Gasteiger partial charge in [-0.3, -0.25) is 15.1 Å². The van der Waals surface area contributed by atoms with Crippen molar-refractivity contribution >= 4 is 17.4 Å². The van der Waals surface area contributed by atoms with E-state index in [4.69, 9.17) is 9.57 Å². The number of oxime groups is 1. The van der Waals surface area contributed by atoms with Gasteiger partial charge >= 0.3 is 11.7 Å². The smallest absolute Gasteiger partial charge is 0.366 e. The maximum absolute atomic E-state index is 12.4. The van der Waals surface area contributed by atoms with Gasteiger partial charge in [0.05, 0.1) is 17.6 Å². The molecule has 0 aliphatic rings. The lowest BCUT2D eigenvalue weighted by molar-refractivity contribution is -0.385. The van der Waals surface area contributed by atoms with Crippen LogP contribution in [0.15, 0.2) is 78.2 Å². The number of carbonyl (C=O) groups is 1. The van der Waals surface area contributed by atoms with Crippen LogP contribution in [-0.2, 0) is 4.84 Å². The summed E-state index contributed by atoms with van der Waals surface area (Å²) in [6.07, 6.45) is 3.20. The molecule has 0 radical (unpaired) electrons. The van der Waals surface area contributed by atoms with E-state index in [-0.39, 0.29) is 17.0 Å². The van der Waals surface area contributed by atoms with Crippen LogP contribution in [-0.4, -0.2) is 28.7 Å². The fourth-order valence-electron chi connectivity index (χ4n) is 2.48. The molecular weight excluding hydrogens is 362 g/mol. The van der Waals surface area contributed by atoms with Gasteiger partial charge in [0.2, 0.25) is 0 Å². The quantitative estimate of drug-likeness (QED) is 0.281. The molecule has 1 aromatic heterocycles. The van der Waals surface area contributed by atoms with E-state index in [1.165, 1.54) is 19.2 Å². The Morgan fingerprint density at radius 3 is 2.32 bits per heavy atom. The number of aromatic nitrogens is 1. The number of hydrogen-bond acceptors (Lipinski definition) is 7. The topological polar surface area (TPSA) is 104 Å². The Morgan fingerprint density at radius 1 is 1.00 bits per heavy atom. The van der Waals surface area contributed by atoms with Crippen molar-refractivity contribution in [2.75, 3.05) is 7.11 Å². The van der Waals surface area contributed by atoms with Gasteiger partial charge in [-0.05, 0) is 24.3 Å². The SMILES string of the molecule is COc1ccc(C(=O)ON=C(c2ccccc2)c2ccncc2)cc1[N+](=O)[O-]. The van der Waals surface area contributed by atoms with Gasteiger partial charge < -0.3 is 9.57 Å². The third kappa shape index (κ3) is 4.18. The standard InChI is InChI=1S/C20H15N3O5/c1-27-18-8-7-16(13-17(18)23(25)26)20(24)28-22-19(14-5-3-2-4-6-14)15-9-11-21-12-10-15/h2-13H,1H3. The van der Waals surface area contributed by atoms with E-state index in [1.54, 1.807) is 24.5 Å². The lowest BCUT2D eigenvalue weighted by Crippen LogP contribution is -2.08. The number of ether oxygens (including phenoxy) is 1. The molecular formula is C20H15N3O5. The minimum atomic E-state index is -0.826. The molecule has 3 rings (SSSR count). The first-order valence-electron chi connectivity index (χ1n) is 8.17. The van der Waals surface area contributed by atoms with Gasteiger partial charge in [0, 0.05) is 29.6 Å². The minimum Gasteiger partial charge on any atom is -0.490 e. The molecule has 28 heavy (non-hydrogen) atoms. The van der Waals surface area contributed by atoms with Crippen LogP contribution in [0.4, 0.5) is 5.69 Å². The van der Waals surface area contributed by atoms with Crippen molar-refractivity contribution in [2.24, 2.45) is 5.16 Å². The first-order valence-corrected chi connectivity index (χ1v) is 8.17. The van der Waals surface area contributed by atoms with Crippen molar-refractivity contribution in [1.29, 1.82) is 0 Å². The van der Waals surface area contributed by atoms with Crippen LogP contribution >= 0.6 is 0 Å². The van der Waals surface area contributed by atoms with Gasteiger partial charge in [-0.25, -0.2) is 4.79 Å². The second-order valence-corrected chi connectivity index (χ2v) is 5.56. The van der Waals surface area contributed by atoms with E-state index in [1.807, 2.05) is 30.3 Å². The Bertz CT molecular complexity index is 979. The summed E-state index contributed by atoms with van der Waals surface area (Å²) in [7, 11) is 1.31. The third-order valence-electron chi connectivity index (χ3n) is 3.83. The van der Waals surface area contributed by atoms with E-state index < -0.39 is 10.9 Å². The molecule has 2 aromatic carbocycles. The number of pyridine rings is 1. The lowest BCUT2D eigenvalue weighted by atomic mass is 10.0. The van der Waals surface area contributed by atoms with Gasteiger partial charge in [-0.15, -0.1) is 0 Å². The summed E-state index contributed by atoms with van der Waals surface area (Å²) < 4.78 is 4.93. The van der Waals surface area contributed by atoms with Crippen molar-refractivity contribution in [3.8, 4) is 5.75 Å². The molecule has 0 spiro atoms. The predicted molar refractivity (Wildman–Crippen MR) is 101 cm³/mol. The number of benzene rings is 2. The molecule has 0 N–H and O–H groups in total. The Kier molecular flexibility index (Phi) is 5.71. The van der Waals surface area contributed by atoms with E-state index in [2.05, 4.69) is 10.1 Å². The van der Waals surface area contributed by atoms with Crippen LogP contribution in [0.3, 0.4) is 0 Å². The highest BCUT2D eigenvalue weighted by Gasteiger charge is 2.19. The van der Waals surface area contributed by atoms with Gasteiger partial charge in [0.15, 0.2) is 5.75 Å². The minimum absolute atomic E-state index is 0.0154. The fraction of sp³-hybridized carbons (Fsp3) is 0.0500. The summed E-state index contributed by atoms with van der Waals surface area (Å²) in [6.45, 7) is 0. The van der Waals surface area contributed by atoms with Crippen molar-refractivity contribution in [1.82, 2.24) is 4.98 Å². The average Bonchev–Trinajstić information content (AvgIpc) is 2.74. The van der Waals surface area contributed by atoms with Crippen molar-refractivity contribution in [3.05, 3.63) is 99.9 Å². The predicted octanol–water partition coefficient (Wildman–Crippen LogP) is 3.61. The first-order chi connectivity index (χ1) is 13.6. The maximum Gasteiger partial charge on any atom is 0.366 e. The number of nitro benzene ring substituents is 1. The monoisotopic (exact) mass is 377 g/mol. The zero-order chi connectivity index (χ0) is 19.9. The molecule has 0 atom stereocenters. The Balaban J connectivity index is 1.92. The molecule has 0 saturated heterocycles. The van der Waals surface area contributed by atoms with Crippen LogP contribution in [0.25, 0.3) is 0 Å². The number of rotatable bonds is 6. The lowest BCUT2D eigenvalue weighted by Gasteiger charge is -2.07. The van der Waals surface area contributed by atoms with E-state index in [0.717, 1.165) is 11.6 Å². The van der Waals surface area contributed by atoms with Crippen molar-refractivity contribution in [2.45, 2.75) is 0 Å². The van der Waals surface area contributed by atoms with Crippen molar-refractivity contribution in [3.63, 3.8) is 0 Å². The highest BCUT2D eigenvalue weighted by atomic mass is 16.7. The van der Waals surface area contributed by atoms with E-state index >= 15 is 0 Å². The Labute approximate surface area is 160 Å². The normalized spacial score (nSPS) is 11.0. The highest BCUT2D eigenvalue weighted by Crippen LogP contribution is 2.27. The molecule has 1 heterocycles. The maximum atomic E-state index is 12.4. The number of hydrogen-bond donors (Lipinski definition) is 0. The van der Waals surface area contributed by atoms with Gasteiger partial charge in [0.25, 0.3) is 0 Å². The summed E-state index contributed by atoms with van der Waals surface area (Å²) in [5.74, 6) is -0.778. The van der Waals surface area contributed by atoms with Crippen LogP contribution < -0.4 is 4.74 Å². The molecule has 8 heteroatoms. The largest absolute Gasteiger partial charge is 0.490 e. The summed E-state index contributed by atoms with van der Waals surface area (Å²) in [5, 5.41) is 15.1. The summed E-state index contributed by atoms with van der Waals surface area (Å²) in [4.78, 5) is 31.9. The fourth-order valence-corrected chi connectivity index (χ4v) is 2.48. The Hall–Kier alpha value is -4.07. The van der Waals surface area contributed by atoms with E-state index in [0.29, 0.717) is 11.3 Å². The number of nitro groups is 1. The van der Waals surface area contributed by atoms with Crippen molar-refractivity contribution < 1.29 is 19.3 Å². The van der Waals surface area contributed by atoms with Crippen LogP contribution in [0.1, 0.15) is 21.5 Å². The molecule has 0 bridgehead atoms. The third-order valence-corrected chi connectivity index (χ3v) is 3.83. The number of carbonyl (C=O) groups excluding carboxylic acids is 1. The Morgan fingerprint density at radius 2 is 1.68 bits per heavy atom. The molecule has 0 unspecified atom stereocenters. The molecule has 0 saturated carbocycles. The summed E-state index contributed by atoms with van der Waals surface area (Å²) >= 11 is 0. The molecule has 0 aliphatic heterocycles. The second-order valence-electron chi connectivity index (χ2n) is 5.56. The summed E-state index contributed by atoms with van der Waals surface area (Å²) in [5.41, 5.74) is 1.52. The number of nitrogens with zero attached hydrogens (tertiary/aromatic N) is 3. The first kappa shape index (κ1) is 18.7.